The third-order valence-corrected chi connectivity index (χ3v) is 6.06. The molecule has 0 radical (unpaired) electrons. The Morgan fingerprint density at radius 3 is 1.47 bits per heavy atom. The zero-order chi connectivity index (χ0) is 26.4. The molecule has 6 N–H and O–H groups in total. The van der Waals surface area contributed by atoms with Gasteiger partial charge in [0.1, 0.15) is 12.2 Å². The van der Waals surface area contributed by atoms with E-state index in [0.29, 0.717) is 24.9 Å². The Bertz CT molecular complexity index is 638. The Balaban J connectivity index is 5.20. The number of hydrogen-bond acceptors (Lipinski definition) is 6. The van der Waals surface area contributed by atoms with Crippen molar-refractivity contribution in [2.24, 2.45) is 17.6 Å². The monoisotopic (exact) mass is 484 g/mol. The van der Waals surface area contributed by atoms with Gasteiger partial charge in [0.2, 0.25) is 5.91 Å². The van der Waals surface area contributed by atoms with Gasteiger partial charge in [-0.1, -0.05) is 37.1 Å². The molecule has 0 aliphatic heterocycles. The molecule has 0 bridgehead atoms. The maximum Gasteiger partial charge on any atom is 0.254 e. The van der Waals surface area contributed by atoms with Gasteiger partial charge >= 0.3 is 0 Å². The van der Waals surface area contributed by atoms with Crippen LogP contribution in [-0.4, -0.2) is 74.6 Å². The molecule has 8 nitrogen and oxygen atoms in total. The van der Waals surface area contributed by atoms with Crippen LogP contribution in [0.25, 0.3) is 0 Å². The van der Waals surface area contributed by atoms with E-state index in [9.17, 15) is 30.0 Å². The Morgan fingerprint density at radius 2 is 1.12 bits per heavy atom. The Labute approximate surface area is 205 Å². The SMILES string of the molecule is CC(C)=CCCC(C)CCN(CCC(C)CCC=C(C)C)C(=O)[C@H](O)[C@@H](O)[C@H](O)[C@H](O)C(N)=O. The molecule has 34 heavy (non-hydrogen) atoms. The number of allylic oxidation sites excluding steroid dienone is 4. The number of aliphatic hydroxyl groups is 4. The second-order valence-electron chi connectivity index (χ2n) is 10.1. The van der Waals surface area contributed by atoms with Gasteiger partial charge < -0.3 is 31.1 Å². The van der Waals surface area contributed by atoms with E-state index in [-0.39, 0.29) is 0 Å². The second-order valence-corrected chi connectivity index (χ2v) is 10.1. The van der Waals surface area contributed by atoms with Gasteiger partial charge in [0.15, 0.2) is 12.2 Å². The highest BCUT2D eigenvalue weighted by Crippen LogP contribution is 2.17. The van der Waals surface area contributed by atoms with E-state index in [2.05, 4.69) is 53.7 Å². The van der Waals surface area contributed by atoms with Crippen molar-refractivity contribution >= 4 is 11.8 Å². The minimum atomic E-state index is -2.09. The maximum atomic E-state index is 13.0. The van der Waals surface area contributed by atoms with Crippen molar-refractivity contribution in [3.05, 3.63) is 23.3 Å². The van der Waals surface area contributed by atoms with Crippen LogP contribution in [-0.2, 0) is 9.59 Å². The van der Waals surface area contributed by atoms with E-state index < -0.39 is 36.2 Å². The van der Waals surface area contributed by atoms with E-state index >= 15 is 0 Å². The van der Waals surface area contributed by atoms with Crippen molar-refractivity contribution in [1.29, 1.82) is 0 Å². The smallest absolute Gasteiger partial charge is 0.254 e. The largest absolute Gasteiger partial charge is 0.387 e. The number of amides is 2. The number of carbonyl (C=O) groups is 2. The molecule has 0 aromatic rings. The Kier molecular flexibility index (Phi) is 16.0. The lowest BCUT2D eigenvalue weighted by Crippen LogP contribution is -2.54. The lowest BCUT2D eigenvalue weighted by Gasteiger charge is -2.31. The third kappa shape index (κ3) is 13.2. The number of hydrogen-bond donors (Lipinski definition) is 5. The van der Waals surface area contributed by atoms with Gasteiger partial charge in [0.05, 0.1) is 0 Å². The van der Waals surface area contributed by atoms with Crippen molar-refractivity contribution < 1.29 is 30.0 Å². The van der Waals surface area contributed by atoms with E-state index in [1.807, 2.05) is 0 Å². The molecule has 0 rings (SSSR count). The quantitative estimate of drug-likeness (QED) is 0.200. The average molecular weight is 485 g/mol. The van der Waals surface area contributed by atoms with Gasteiger partial charge in [-0.15, -0.1) is 0 Å². The summed E-state index contributed by atoms with van der Waals surface area (Å²) < 4.78 is 0. The highest BCUT2D eigenvalue weighted by Gasteiger charge is 2.38. The molecule has 198 valence electrons. The number of rotatable bonds is 17. The molecular formula is C26H48N2O6. The van der Waals surface area contributed by atoms with Crippen LogP contribution in [0, 0.1) is 11.8 Å². The summed E-state index contributed by atoms with van der Waals surface area (Å²) in [6.07, 6.45) is 1.50. The molecule has 0 saturated carbocycles. The molecule has 6 atom stereocenters. The standard InChI is InChI=1S/C26H48N2O6/c1-17(2)9-7-11-19(5)13-15-28(16-14-20(6)12-8-10-18(3)4)26(34)24(32)22(30)21(29)23(31)25(27)33/h9-10,19-24,29-32H,7-8,11-16H2,1-6H3,(H2,27,33)/t19?,20?,21-,22-,23-,24+/m0/s1. The first kappa shape index (κ1) is 32.3. The number of carbonyl (C=O) groups excluding carboxylic acids is 2. The van der Waals surface area contributed by atoms with Gasteiger partial charge in [-0.2, -0.15) is 0 Å². The van der Waals surface area contributed by atoms with Gasteiger partial charge in [-0.25, -0.2) is 0 Å². The lowest BCUT2D eigenvalue weighted by atomic mass is 9.97. The van der Waals surface area contributed by atoms with Crippen LogP contribution in [0.4, 0.5) is 0 Å². The predicted molar refractivity (Wildman–Crippen MR) is 135 cm³/mol. The predicted octanol–water partition coefficient (Wildman–Crippen LogP) is 2.29. The number of nitrogens with two attached hydrogens (primary N) is 1. The molecule has 0 aromatic carbocycles. The van der Waals surface area contributed by atoms with E-state index in [4.69, 9.17) is 5.73 Å². The average Bonchev–Trinajstić information content (AvgIpc) is 2.75. The van der Waals surface area contributed by atoms with Crippen molar-refractivity contribution in [1.82, 2.24) is 4.90 Å². The fraction of sp³-hybridized carbons (Fsp3) is 0.769. The van der Waals surface area contributed by atoms with Gasteiger partial charge in [0.25, 0.3) is 5.91 Å². The fourth-order valence-corrected chi connectivity index (χ4v) is 3.56. The van der Waals surface area contributed by atoms with Crippen molar-refractivity contribution in [2.45, 2.75) is 104 Å². The molecular weight excluding hydrogens is 436 g/mol. The van der Waals surface area contributed by atoms with Crippen LogP contribution in [0.2, 0.25) is 0 Å². The molecule has 2 amide bonds. The van der Waals surface area contributed by atoms with Gasteiger partial charge in [-0.05, 0) is 78.1 Å². The Hall–Kier alpha value is -1.74. The summed E-state index contributed by atoms with van der Waals surface area (Å²) in [7, 11) is 0. The summed E-state index contributed by atoms with van der Waals surface area (Å²) >= 11 is 0. The van der Waals surface area contributed by atoms with Crippen LogP contribution in [0.5, 0.6) is 0 Å². The summed E-state index contributed by atoms with van der Waals surface area (Å²) in [4.78, 5) is 25.6. The molecule has 0 spiro atoms. The molecule has 0 aliphatic rings. The topological polar surface area (TPSA) is 144 Å². The molecule has 8 heteroatoms. The van der Waals surface area contributed by atoms with Crippen LogP contribution >= 0.6 is 0 Å². The normalized spacial score (nSPS) is 16.5. The molecule has 0 heterocycles. The molecule has 0 aromatic heterocycles. The summed E-state index contributed by atoms with van der Waals surface area (Å²) in [6.45, 7) is 13.2. The summed E-state index contributed by atoms with van der Waals surface area (Å²) in [5.41, 5.74) is 7.47. The van der Waals surface area contributed by atoms with Crippen LogP contribution in [0.15, 0.2) is 23.3 Å². The molecule has 0 aliphatic carbocycles. The summed E-state index contributed by atoms with van der Waals surface area (Å²) in [5, 5.41) is 40.1. The van der Waals surface area contributed by atoms with E-state index in [1.165, 1.54) is 16.0 Å². The molecule has 0 saturated heterocycles. The minimum absolute atomic E-state index is 0.352. The number of primary amides is 1. The van der Waals surface area contributed by atoms with E-state index in [0.717, 1.165) is 38.5 Å². The molecule has 0 fully saturated rings. The highest BCUT2D eigenvalue weighted by atomic mass is 16.4. The lowest BCUT2D eigenvalue weighted by molar-refractivity contribution is -0.161. The van der Waals surface area contributed by atoms with Crippen molar-refractivity contribution in [2.75, 3.05) is 13.1 Å². The first-order valence-corrected chi connectivity index (χ1v) is 12.3. The molecule has 2 unspecified atom stereocenters. The van der Waals surface area contributed by atoms with Crippen molar-refractivity contribution in [3.63, 3.8) is 0 Å². The fourth-order valence-electron chi connectivity index (χ4n) is 3.56. The van der Waals surface area contributed by atoms with Crippen molar-refractivity contribution in [3.8, 4) is 0 Å². The highest BCUT2D eigenvalue weighted by molar-refractivity contribution is 5.82. The van der Waals surface area contributed by atoms with Crippen LogP contribution in [0.3, 0.4) is 0 Å². The number of nitrogens with zero attached hydrogens (tertiary/aromatic N) is 1. The zero-order valence-corrected chi connectivity index (χ0v) is 21.9. The summed E-state index contributed by atoms with van der Waals surface area (Å²) in [5.74, 6) is -1.29. The first-order valence-electron chi connectivity index (χ1n) is 12.3. The first-order chi connectivity index (χ1) is 15.8. The third-order valence-electron chi connectivity index (χ3n) is 6.06. The van der Waals surface area contributed by atoms with Gasteiger partial charge in [-0.3, -0.25) is 9.59 Å². The maximum absolute atomic E-state index is 13.0. The minimum Gasteiger partial charge on any atom is -0.387 e. The van der Waals surface area contributed by atoms with E-state index in [1.54, 1.807) is 0 Å². The van der Waals surface area contributed by atoms with Crippen LogP contribution in [0.1, 0.15) is 80.1 Å². The summed E-state index contributed by atoms with van der Waals surface area (Å²) in [6, 6.07) is 0. The second kappa shape index (κ2) is 16.8. The van der Waals surface area contributed by atoms with Gasteiger partial charge in [0, 0.05) is 13.1 Å². The number of aliphatic hydroxyl groups excluding tert-OH is 4. The Morgan fingerprint density at radius 1 is 0.735 bits per heavy atom. The zero-order valence-electron chi connectivity index (χ0n) is 21.9. The van der Waals surface area contributed by atoms with Crippen LogP contribution < -0.4 is 5.73 Å².